The van der Waals surface area contributed by atoms with Gasteiger partial charge in [0, 0.05) is 30.9 Å². The zero-order valence-corrected chi connectivity index (χ0v) is 13.9. The Hall–Kier alpha value is -3.22. The maximum atomic E-state index is 12.0. The highest BCUT2D eigenvalue weighted by molar-refractivity contribution is 5.78. The Morgan fingerprint density at radius 1 is 1.16 bits per heavy atom. The summed E-state index contributed by atoms with van der Waals surface area (Å²) in [5, 5.41) is 9.96. The summed E-state index contributed by atoms with van der Waals surface area (Å²) in [6.07, 6.45) is 4.32. The Kier molecular flexibility index (Phi) is 5.36. The van der Waals surface area contributed by atoms with Gasteiger partial charge in [0.1, 0.15) is 11.6 Å². The molecule has 2 aromatic heterocycles. The van der Waals surface area contributed by atoms with Crippen molar-refractivity contribution in [2.24, 2.45) is 0 Å². The van der Waals surface area contributed by atoms with Crippen LogP contribution >= 0.6 is 0 Å². The molecule has 0 aliphatic heterocycles. The first kappa shape index (κ1) is 16.6. The minimum absolute atomic E-state index is 0.0287. The first-order chi connectivity index (χ1) is 12.2. The molecule has 1 aromatic carbocycles. The van der Waals surface area contributed by atoms with Gasteiger partial charge >= 0.3 is 0 Å². The van der Waals surface area contributed by atoms with Gasteiger partial charge in [0.15, 0.2) is 5.82 Å². The molecule has 7 heteroatoms. The summed E-state index contributed by atoms with van der Waals surface area (Å²) in [4.78, 5) is 20.4. The molecule has 0 aliphatic carbocycles. The second kappa shape index (κ2) is 8.05. The fraction of sp³-hybridized carbons (Fsp3) is 0.222. The smallest absolute Gasteiger partial charge is 0.224 e. The summed E-state index contributed by atoms with van der Waals surface area (Å²) in [6, 6.07) is 11.2. The number of methoxy groups -OCH3 is 1. The van der Waals surface area contributed by atoms with Crippen LogP contribution in [0.25, 0.3) is 11.4 Å². The van der Waals surface area contributed by atoms with Crippen LogP contribution in [0.15, 0.2) is 48.8 Å². The highest BCUT2D eigenvalue weighted by Gasteiger charge is 2.07. The van der Waals surface area contributed by atoms with E-state index in [1.165, 1.54) is 0 Å². The van der Waals surface area contributed by atoms with Crippen LogP contribution in [0.1, 0.15) is 11.4 Å². The number of pyridine rings is 1. The SMILES string of the molecule is COc1ccc(CC(=O)NCCc2nc(-c3ccncc3)n[nH]2)cc1. The van der Waals surface area contributed by atoms with E-state index in [1.54, 1.807) is 19.5 Å². The molecular weight excluding hydrogens is 318 g/mol. The predicted octanol–water partition coefficient (Wildman–Crippen LogP) is 1.78. The molecule has 7 nitrogen and oxygen atoms in total. The first-order valence-corrected chi connectivity index (χ1v) is 7.96. The lowest BCUT2D eigenvalue weighted by Crippen LogP contribution is -2.27. The van der Waals surface area contributed by atoms with E-state index in [-0.39, 0.29) is 5.91 Å². The van der Waals surface area contributed by atoms with E-state index in [9.17, 15) is 4.79 Å². The lowest BCUT2D eigenvalue weighted by molar-refractivity contribution is -0.120. The highest BCUT2D eigenvalue weighted by atomic mass is 16.5. The molecule has 25 heavy (non-hydrogen) atoms. The standard InChI is InChI=1S/C18H19N5O2/c1-25-15-4-2-13(3-5-15)12-17(24)20-11-8-16-21-18(23-22-16)14-6-9-19-10-7-14/h2-7,9-10H,8,11-12H2,1H3,(H,20,24)(H,21,22,23). The summed E-state index contributed by atoms with van der Waals surface area (Å²) >= 11 is 0. The number of carbonyl (C=O) groups is 1. The number of hydrogen-bond acceptors (Lipinski definition) is 5. The molecular formula is C18H19N5O2. The van der Waals surface area contributed by atoms with E-state index < -0.39 is 0 Å². The van der Waals surface area contributed by atoms with Crippen molar-refractivity contribution in [3.8, 4) is 17.1 Å². The third-order valence-corrected chi connectivity index (χ3v) is 3.68. The van der Waals surface area contributed by atoms with Gasteiger partial charge in [-0.3, -0.25) is 14.9 Å². The van der Waals surface area contributed by atoms with Gasteiger partial charge in [-0.05, 0) is 29.8 Å². The molecule has 0 radical (unpaired) electrons. The van der Waals surface area contributed by atoms with Crippen molar-refractivity contribution in [1.82, 2.24) is 25.5 Å². The molecule has 0 atom stereocenters. The summed E-state index contributed by atoms with van der Waals surface area (Å²) in [7, 11) is 1.62. The number of aromatic nitrogens is 4. The second-order valence-corrected chi connectivity index (χ2v) is 5.47. The van der Waals surface area contributed by atoms with Crippen LogP contribution in [0.2, 0.25) is 0 Å². The van der Waals surface area contributed by atoms with E-state index in [0.29, 0.717) is 25.2 Å². The van der Waals surface area contributed by atoms with Crippen molar-refractivity contribution < 1.29 is 9.53 Å². The van der Waals surface area contributed by atoms with Gasteiger partial charge < -0.3 is 10.1 Å². The van der Waals surface area contributed by atoms with Crippen molar-refractivity contribution in [3.05, 3.63) is 60.2 Å². The van der Waals surface area contributed by atoms with Crippen molar-refractivity contribution in [2.75, 3.05) is 13.7 Å². The molecule has 1 amide bonds. The Morgan fingerprint density at radius 3 is 2.64 bits per heavy atom. The number of aromatic amines is 1. The van der Waals surface area contributed by atoms with Crippen molar-refractivity contribution in [3.63, 3.8) is 0 Å². The zero-order valence-electron chi connectivity index (χ0n) is 13.9. The van der Waals surface area contributed by atoms with Crippen LogP contribution in [0, 0.1) is 0 Å². The van der Waals surface area contributed by atoms with E-state index in [1.807, 2.05) is 36.4 Å². The molecule has 0 bridgehead atoms. The fourth-order valence-electron chi connectivity index (χ4n) is 2.35. The molecule has 128 valence electrons. The number of hydrogen-bond donors (Lipinski definition) is 2. The maximum absolute atomic E-state index is 12.0. The minimum Gasteiger partial charge on any atom is -0.497 e. The largest absolute Gasteiger partial charge is 0.497 e. The number of rotatable bonds is 7. The van der Waals surface area contributed by atoms with Gasteiger partial charge in [0.2, 0.25) is 5.91 Å². The van der Waals surface area contributed by atoms with Crippen LogP contribution in [-0.2, 0) is 17.6 Å². The van der Waals surface area contributed by atoms with E-state index in [2.05, 4.69) is 25.5 Å². The van der Waals surface area contributed by atoms with Gasteiger partial charge in [-0.15, -0.1) is 0 Å². The molecule has 3 rings (SSSR count). The summed E-state index contributed by atoms with van der Waals surface area (Å²) < 4.78 is 5.10. The van der Waals surface area contributed by atoms with Gasteiger partial charge in [0.25, 0.3) is 0 Å². The highest BCUT2D eigenvalue weighted by Crippen LogP contribution is 2.13. The monoisotopic (exact) mass is 337 g/mol. The third-order valence-electron chi connectivity index (χ3n) is 3.68. The summed E-state index contributed by atoms with van der Waals surface area (Å²) in [5.41, 5.74) is 1.85. The number of carbonyl (C=O) groups excluding carboxylic acids is 1. The molecule has 0 saturated heterocycles. The third kappa shape index (κ3) is 4.63. The average molecular weight is 337 g/mol. The number of amides is 1. The van der Waals surface area contributed by atoms with E-state index in [0.717, 1.165) is 22.7 Å². The number of nitrogens with zero attached hydrogens (tertiary/aromatic N) is 3. The molecule has 2 heterocycles. The van der Waals surface area contributed by atoms with E-state index >= 15 is 0 Å². The lowest BCUT2D eigenvalue weighted by Gasteiger charge is -2.05. The lowest BCUT2D eigenvalue weighted by atomic mass is 10.1. The molecule has 0 spiro atoms. The number of nitrogens with one attached hydrogen (secondary N) is 2. The van der Waals surface area contributed by atoms with Crippen LogP contribution in [0.3, 0.4) is 0 Å². The minimum atomic E-state index is -0.0287. The average Bonchev–Trinajstić information content (AvgIpc) is 3.12. The fourth-order valence-corrected chi connectivity index (χ4v) is 2.35. The summed E-state index contributed by atoms with van der Waals surface area (Å²) in [6.45, 7) is 0.500. The zero-order chi connectivity index (χ0) is 17.5. The van der Waals surface area contributed by atoms with Crippen molar-refractivity contribution >= 4 is 5.91 Å². The van der Waals surface area contributed by atoms with Gasteiger partial charge in [-0.2, -0.15) is 5.10 Å². The molecule has 0 aliphatic rings. The van der Waals surface area contributed by atoms with Crippen molar-refractivity contribution in [2.45, 2.75) is 12.8 Å². The number of ether oxygens (including phenoxy) is 1. The Balaban J connectivity index is 1.46. The van der Waals surface area contributed by atoms with Crippen LogP contribution < -0.4 is 10.1 Å². The van der Waals surface area contributed by atoms with Gasteiger partial charge in [-0.1, -0.05) is 12.1 Å². The second-order valence-electron chi connectivity index (χ2n) is 5.47. The molecule has 0 saturated carbocycles. The Bertz CT molecular complexity index is 815. The van der Waals surface area contributed by atoms with Gasteiger partial charge in [0.05, 0.1) is 13.5 Å². The molecule has 3 aromatic rings. The molecule has 2 N–H and O–H groups in total. The van der Waals surface area contributed by atoms with E-state index in [4.69, 9.17) is 4.74 Å². The summed E-state index contributed by atoms with van der Waals surface area (Å²) in [5.74, 6) is 2.11. The van der Waals surface area contributed by atoms with Gasteiger partial charge in [-0.25, -0.2) is 4.98 Å². The van der Waals surface area contributed by atoms with Crippen LogP contribution in [0.4, 0.5) is 0 Å². The normalized spacial score (nSPS) is 10.4. The predicted molar refractivity (Wildman–Crippen MR) is 93.0 cm³/mol. The topological polar surface area (TPSA) is 92.8 Å². The first-order valence-electron chi connectivity index (χ1n) is 7.96. The Morgan fingerprint density at radius 2 is 1.92 bits per heavy atom. The van der Waals surface area contributed by atoms with Crippen LogP contribution in [-0.4, -0.2) is 39.7 Å². The quantitative estimate of drug-likeness (QED) is 0.685. The maximum Gasteiger partial charge on any atom is 0.224 e. The number of H-pyrrole nitrogens is 1. The molecule has 0 fully saturated rings. The molecule has 0 unspecified atom stereocenters. The Labute approximate surface area is 145 Å². The number of benzene rings is 1. The van der Waals surface area contributed by atoms with Crippen LogP contribution in [0.5, 0.6) is 5.75 Å². The van der Waals surface area contributed by atoms with Crippen molar-refractivity contribution in [1.29, 1.82) is 0 Å².